The molecule has 8 nitrogen and oxygen atoms in total. The van der Waals surface area contributed by atoms with Gasteiger partial charge in [0, 0.05) is 25.0 Å². The molecule has 0 radical (unpaired) electrons. The number of pyridine rings is 1. The van der Waals surface area contributed by atoms with Crippen molar-refractivity contribution in [3.63, 3.8) is 0 Å². The van der Waals surface area contributed by atoms with E-state index in [1.54, 1.807) is 16.7 Å². The van der Waals surface area contributed by atoms with Crippen molar-refractivity contribution in [2.75, 3.05) is 19.7 Å². The highest BCUT2D eigenvalue weighted by Gasteiger charge is 2.27. The summed E-state index contributed by atoms with van der Waals surface area (Å²) in [6, 6.07) is 5.02. The summed E-state index contributed by atoms with van der Waals surface area (Å²) in [5.74, 6) is -1.25. The van der Waals surface area contributed by atoms with Gasteiger partial charge in [-0.25, -0.2) is 14.6 Å². The van der Waals surface area contributed by atoms with Gasteiger partial charge in [-0.3, -0.25) is 9.69 Å². The number of imide groups is 1. The third kappa shape index (κ3) is 2.50. The summed E-state index contributed by atoms with van der Waals surface area (Å²) < 4.78 is 6.69. The van der Waals surface area contributed by atoms with E-state index in [4.69, 9.17) is 4.74 Å². The third-order valence-electron chi connectivity index (χ3n) is 3.39. The number of fused-ring (bicyclic) bond motifs is 1. The number of rotatable bonds is 3. The molecule has 0 atom stereocenters. The van der Waals surface area contributed by atoms with E-state index in [-0.39, 0.29) is 12.2 Å². The second-order valence-electron chi connectivity index (χ2n) is 4.87. The molecule has 3 rings (SSSR count). The van der Waals surface area contributed by atoms with Crippen molar-refractivity contribution in [2.24, 2.45) is 0 Å². The summed E-state index contributed by atoms with van der Waals surface area (Å²) in [6.45, 7) is 2.09. The topological polar surface area (TPSA) is 93.0 Å². The van der Waals surface area contributed by atoms with Crippen LogP contribution in [0.4, 0.5) is 4.79 Å². The molecule has 1 N–H and O–H groups in total. The minimum Gasteiger partial charge on any atom is -0.451 e. The highest BCUT2D eigenvalue weighted by Crippen LogP contribution is 2.09. The van der Waals surface area contributed by atoms with Crippen LogP contribution in [0.5, 0.6) is 0 Å². The standard InChI is InChI=1S/C14H14N4O4/c1-9-3-2-4-11-16-10(7-18(9)11)13(20)22-8-12(19)17-6-5-15-14(17)21/h2-4,7H,5-6,8H2,1H3,(H,15,21). The van der Waals surface area contributed by atoms with Gasteiger partial charge in [0.2, 0.25) is 0 Å². The number of esters is 1. The van der Waals surface area contributed by atoms with Gasteiger partial charge in [-0.1, -0.05) is 6.07 Å². The average molecular weight is 302 g/mol. The first kappa shape index (κ1) is 14.1. The molecular formula is C14H14N4O4. The highest BCUT2D eigenvalue weighted by molar-refractivity contribution is 5.97. The first-order chi connectivity index (χ1) is 10.6. The Morgan fingerprint density at radius 2 is 2.23 bits per heavy atom. The number of nitrogens with zero attached hydrogens (tertiary/aromatic N) is 3. The summed E-state index contributed by atoms with van der Waals surface area (Å²) in [6.07, 6.45) is 1.56. The molecule has 22 heavy (non-hydrogen) atoms. The molecule has 0 spiro atoms. The van der Waals surface area contributed by atoms with Gasteiger partial charge >= 0.3 is 12.0 Å². The zero-order chi connectivity index (χ0) is 15.7. The minimum atomic E-state index is -0.698. The fraction of sp³-hybridized carbons (Fsp3) is 0.286. The molecule has 114 valence electrons. The Balaban J connectivity index is 1.67. The van der Waals surface area contributed by atoms with Crippen LogP contribution in [0, 0.1) is 6.92 Å². The monoisotopic (exact) mass is 302 g/mol. The Kier molecular flexibility index (Phi) is 3.50. The molecule has 1 saturated heterocycles. The Bertz CT molecular complexity index is 767. The molecule has 3 amide bonds. The molecule has 0 bridgehead atoms. The highest BCUT2D eigenvalue weighted by atomic mass is 16.5. The van der Waals surface area contributed by atoms with Crippen LogP contribution in [-0.2, 0) is 9.53 Å². The number of carbonyl (C=O) groups is 3. The van der Waals surface area contributed by atoms with E-state index < -0.39 is 24.5 Å². The first-order valence-corrected chi connectivity index (χ1v) is 6.76. The maximum Gasteiger partial charge on any atom is 0.359 e. The summed E-state index contributed by atoms with van der Waals surface area (Å²) in [4.78, 5) is 40.2. The van der Waals surface area contributed by atoms with E-state index in [0.29, 0.717) is 12.2 Å². The molecule has 0 aromatic carbocycles. The number of imidazole rings is 1. The van der Waals surface area contributed by atoms with Crippen LogP contribution in [0.1, 0.15) is 16.2 Å². The average Bonchev–Trinajstić information content (AvgIpc) is 3.11. The molecule has 1 fully saturated rings. The molecule has 1 aliphatic heterocycles. The van der Waals surface area contributed by atoms with E-state index in [0.717, 1.165) is 10.6 Å². The van der Waals surface area contributed by atoms with Gasteiger partial charge in [0.1, 0.15) is 5.65 Å². The second-order valence-corrected chi connectivity index (χ2v) is 4.87. The van der Waals surface area contributed by atoms with E-state index >= 15 is 0 Å². The van der Waals surface area contributed by atoms with Crippen LogP contribution in [0.2, 0.25) is 0 Å². The fourth-order valence-electron chi connectivity index (χ4n) is 2.24. The Labute approximate surface area is 125 Å². The SMILES string of the molecule is Cc1cccc2nc(C(=O)OCC(=O)N3CCNC3=O)cn12. The molecule has 2 aromatic heterocycles. The lowest BCUT2D eigenvalue weighted by Crippen LogP contribution is -2.37. The number of amides is 3. The molecule has 0 aliphatic carbocycles. The Morgan fingerprint density at radius 1 is 1.41 bits per heavy atom. The minimum absolute atomic E-state index is 0.118. The predicted octanol–water partition coefficient (Wildman–Crippen LogP) is 0.351. The third-order valence-corrected chi connectivity index (χ3v) is 3.39. The Morgan fingerprint density at radius 3 is 2.91 bits per heavy atom. The van der Waals surface area contributed by atoms with Crippen molar-refractivity contribution in [3.05, 3.63) is 35.8 Å². The van der Waals surface area contributed by atoms with Gasteiger partial charge < -0.3 is 14.5 Å². The lowest BCUT2D eigenvalue weighted by atomic mass is 10.4. The fourth-order valence-corrected chi connectivity index (χ4v) is 2.24. The number of carbonyl (C=O) groups excluding carboxylic acids is 3. The van der Waals surface area contributed by atoms with E-state index in [1.807, 2.05) is 19.1 Å². The summed E-state index contributed by atoms with van der Waals surface area (Å²) in [7, 11) is 0. The Hall–Kier alpha value is -2.90. The first-order valence-electron chi connectivity index (χ1n) is 6.76. The zero-order valence-corrected chi connectivity index (χ0v) is 11.9. The van der Waals surface area contributed by atoms with Crippen molar-refractivity contribution < 1.29 is 19.1 Å². The predicted molar refractivity (Wildman–Crippen MR) is 75.3 cm³/mol. The number of urea groups is 1. The second kappa shape index (κ2) is 5.47. The quantitative estimate of drug-likeness (QED) is 0.826. The van der Waals surface area contributed by atoms with Crippen molar-refractivity contribution in [3.8, 4) is 0 Å². The van der Waals surface area contributed by atoms with Crippen LogP contribution in [0.25, 0.3) is 5.65 Å². The maximum atomic E-state index is 12.0. The van der Waals surface area contributed by atoms with Crippen LogP contribution >= 0.6 is 0 Å². The summed E-state index contributed by atoms with van der Waals surface area (Å²) in [5, 5.41) is 2.50. The molecule has 0 unspecified atom stereocenters. The summed E-state index contributed by atoms with van der Waals surface area (Å²) >= 11 is 0. The van der Waals surface area contributed by atoms with Gasteiger partial charge in [0.25, 0.3) is 5.91 Å². The largest absolute Gasteiger partial charge is 0.451 e. The molecule has 1 aliphatic rings. The van der Waals surface area contributed by atoms with Crippen LogP contribution in [0.15, 0.2) is 24.4 Å². The molecular weight excluding hydrogens is 288 g/mol. The maximum absolute atomic E-state index is 12.0. The van der Waals surface area contributed by atoms with Crippen molar-refractivity contribution in [1.29, 1.82) is 0 Å². The number of aromatic nitrogens is 2. The number of hydrogen-bond donors (Lipinski definition) is 1. The van der Waals surface area contributed by atoms with Crippen molar-refractivity contribution >= 4 is 23.6 Å². The summed E-state index contributed by atoms with van der Waals surface area (Å²) in [5.41, 5.74) is 1.67. The van der Waals surface area contributed by atoms with E-state index in [1.165, 1.54) is 0 Å². The number of ether oxygens (including phenoxy) is 1. The lowest BCUT2D eigenvalue weighted by Gasteiger charge is -2.11. The van der Waals surface area contributed by atoms with Gasteiger partial charge in [0.15, 0.2) is 12.3 Å². The number of hydrogen-bond acceptors (Lipinski definition) is 5. The van der Waals surface area contributed by atoms with Gasteiger partial charge in [0.05, 0.1) is 0 Å². The van der Waals surface area contributed by atoms with E-state index in [2.05, 4.69) is 10.3 Å². The number of nitrogens with one attached hydrogen (secondary N) is 1. The van der Waals surface area contributed by atoms with Gasteiger partial charge in [-0.15, -0.1) is 0 Å². The van der Waals surface area contributed by atoms with Crippen LogP contribution in [-0.4, -0.2) is 51.9 Å². The van der Waals surface area contributed by atoms with Crippen LogP contribution < -0.4 is 5.32 Å². The lowest BCUT2D eigenvalue weighted by molar-refractivity contribution is -0.130. The van der Waals surface area contributed by atoms with E-state index in [9.17, 15) is 14.4 Å². The molecule has 3 heterocycles. The van der Waals surface area contributed by atoms with Crippen molar-refractivity contribution in [2.45, 2.75) is 6.92 Å². The zero-order valence-electron chi connectivity index (χ0n) is 11.9. The smallest absolute Gasteiger partial charge is 0.359 e. The van der Waals surface area contributed by atoms with Gasteiger partial charge in [-0.2, -0.15) is 0 Å². The van der Waals surface area contributed by atoms with Gasteiger partial charge in [-0.05, 0) is 19.1 Å². The molecule has 0 saturated carbocycles. The van der Waals surface area contributed by atoms with Crippen molar-refractivity contribution in [1.82, 2.24) is 19.6 Å². The normalized spacial score (nSPS) is 14.2. The molecule has 8 heteroatoms. The molecule has 2 aromatic rings. The van der Waals surface area contributed by atoms with Crippen LogP contribution in [0.3, 0.4) is 0 Å². The number of aryl methyl sites for hydroxylation is 1.